The molecule has 0 saturated carbocycles. The molecule has 0 aliphatic carbocycles. The van der Waals surface area contributed by atoms with E-state index in [4.69, 9.17) is 16.0 Å². The molecule has 1 aromatic heterocycles. The van der Waals surface area contributed by atoms with Crippen LogP contribution in [-0.4, -0.2) is 12.1 Å². The number of carbonyl (C=O) groups is 1. The Morgan fingerprint density at radius 3 is 2.44 bits per heavy atom. The van der Waals surface area contributed by atoms with E-state index in [-0.39, 0.29) is 11.8 Å². The Labute approximate surface area is 192 Å². The number of rotatable bonds is 7. The van der Waals surface area contributed by atoms with Crippen LogP contribution in [0.4, 0.5) is 0 Å². The summed E-state index contributed by atoms with van der Waals surface area (Å²) in [6.07, 6.45) is 2.10. The molecule has 0 saturated heterocycles. The van der Waals surface area contributed by atoms with Crippen molar-refractivity contribution in [3.63, 3.8) is 0 Å². The van der Waals surface area contributed by atoms with Crippen molar-refractivity contribution in [1.82, 2.24) is 5.43 Å². The zero-order valence-corrected chi connectivity index (χ0v) is 18.4. The molecule has 0 radical (unpaired) electrons. The third-order valence-corrected chi connectivity index (χ3v) is 5.58. The van der Waals surface area contributed by atoms with Crippen molar-refractivity contribution in [2.45, 2.75) is 19.3 Å². The number of nitrogens with zero attached hydrogens (tertiary/aromatic N) is 1. The molecule has 0 bridgehead atoms. The summed E-state index contributed by atoms with van der Waals surface area (Å²) >= 11 is 5.94. The third-order valence-electron chi connectivity index (χ3n) is 5.33. The van der Waals surface area contributed by atoms with Crippen molar-refractivity contribution in [1.29, 1.82) is 0 Å². The Morgan fingerprint density at radius 2 is 1.69 bits per heavy atom. The Hall–Kier alpha value is -3.63. The normalized spacial score (nSPS) is 12.1. The van der Waals surface area contributed by atoms with Crippen molar-refractivity contribution in [3.8, 4) is 11.3 Å². The van der Waals surface area contributed by atoms with E-state index < -0.39 is 0 Å². The number of halogens is 1. The van der Waals surface area contributed by atoms with E-state index in [1.54, 1.807) is 0 Å². The molecule has 4 nitrogen and oxygen atoms in total. The Kier molecular flexibility index (Phi) is 6.83. The molecule has 1 N–H and O–H groups in total. The lowest BCUT2D eigenvalue weighted by molar-refractivity contribution is -0.122. The quantitative estimate of drug-likeness (QED) is 0.266. The number of furan rings is 1. The predicted octanol–water partition coefficient (Wildman–Crippen LogP) is 6.39. The molecule has 160 valence electrons. The van der Waals surface area contributed by atoms with E-state index in [1.165, 1.54) is 6.21 Å². The summed E-state index contributed by atoms with van der Waals surface area (Å²) in [4.78, 5) is 13.0. The van der Waals surface area contributed by atoms with Gasteiger partial charge < -0.3 is 4.42 Å². The van der Waals surface area contributed by atoms with E-state index in [0.717, 1.165) is 22.3 Å². The molecule has 1 heterocycles. The van der Waals surface area contributed by atoms with Gasteiger partial charge in [-0.25, -0.2) is 5.43 Å². The number of carbonyl (C=O) groups excluding carboxylic acids is 1. The summed E-state index contributed by atoms with van der Waals surface area (Å²) in [5.74, 6) is 0.734. The molecule has 0 aliphatic rings. The molecule has 0 spiro atoms. The Morgan fingerprint density at radius 1 is 0.969 bits per heavy atom. The molecule has 4 rings (SSSR count). The number of hydrogen-bond donors (Lipinski definition) is 1. The van der Waals surface area contributed by atoms with Crippen molar-refractivity contribution >= 4 is 23.7 Å². The lowest BCUT2D eigenvalue weighted by atomic mass is 9.90. The standard InChI is InChI=1S/C27H23ClN2O2/c1-19-7-5-6-10-22(19)17-25(20-8-3-2-4-9-20)27(31)30-29-18-24-15-16-26(32-24)21-11-13-23(28)14-12-21/h2-16,18,25H,17H2,1H3,(H,30,31)/b29-18+. The minimum atomic E-state index is -0.351. The maximum Gasteiger partial charge on any atom is 0.247 e. The van der Waals surface area contributed by atoms with Crippen LogP contribution < -0.4 is 5.43 Å². The first-order valence-electron chi connectivity index (χ1n) is 10.4. The monoisotopic (exact) mass is 442 g/mol. The second kappa shape index (κ2) is 10.1. The summed E-state index contributed by atoms with van der Waals surface area (Å²) < 4.78 is 5.80. The van der Waals surface area contributed by atoms with Gasteiger partial charge in [-0.15, -0.1) is 0 Å². The summed E-state index contributed by atoms with van der Waals surface area (Å²) in [6, 6.07) is 28.9. The fourth-order valence-corrected chi connectivity index (χ4v) is 3.66. The molecule has 0 aliphatic heterocycles. The Bertz CT molecular complexity index is 1210. The summed E-state index contributed by atoms with van der Waals surface area (Å²) in [5.41, 5.74) is 6.85. The highest BCUT2D eigenvalue weighted by Crippen LogP contribution is 2.24. The first kappa shape index (κ1) is 21.6. The van der Waals surface area contributed by atoms with Gasteiger partial charge in [0.15, 0.2) is 0 Å². The molecule has 1 atom stereocenters. The predicted molar refractivity (Wildman–Crippen MR) is 129 cm³/mol. The fourth-order valence-electron chi connectivity index (χ4n) is 3.54. The van der Waals surface area contributed by atoms with Gasteiger partial charge in [0.1, 0.15) is 11.5 Å². The van der Waals surface area contributed by atoms with Crippen molar-refractivity contribution in [2.75, 3.05) is 0 Å². The Balaban J connectivity index is 1.47. The highest BCUT2D eigenvalue weighted by Gasteiger charge is 2.21. The van der Waals surface area contributed by atoms with Crippen LogP contribution in [0, 0.1) is 6.92 Å². The first-order chi connectivity index (χ1) is 15.6. The number of amides is 1. The highest BCUT2D eigenvalue weighted by atomic mass is 35.5. The van der Waals surface area contributed by atoms with Crippen LogP contribution in [0.25, 0.3) is 11.3 Å². The van der Waals surface area contributed by atoms with Gasteiger partial charge in [-0.1, -0.05) is 66.2 Å². The van der Waals surface area contributed by atoms with Crippen LogP contribution in [0.5, 0.6) is 0 Å². The molecule has 1 amide bonds. The van der Waals surface area contributed by atoms with Gasteiger partial charge in [0.25, 0.3) is 0 Å². The molecule has 4 aromatic rings. The zero-order valence-electron chi connectivity index (χ0n) is 17.7. The van der Waals surface area contributed by atoms with Gasteiger partial charge in [-0.3, -0.25) is 4.79 Å². The minimum Gasteiger partial charge on any atom is -0.455 e. The maximum atomic E-state index is 13.0. The van der Waals surface area contributed by atoms with Gasteiger partial charge in [0.05, 0.1) is 12.1 Å². The topological polar surface area (TPSA) is 54.6 Å². The molecule has 32 heavy (non-hydrogen) atoms. The summed E-state index contributed by atoms with van der Waals surface area (Å²) in [5, 5.41) is 4.80. The van der Waals surface area contributed by atoms with E-state index >= 15 is 0 Å². The van der Waals surface area contributed by atoms with Gasteiger partial charge in [0, 0.05) is 10.6 Å². The van der Waals surface area contributed by atoms with Crippen molar-refractivity contribution in [2.24, 2.45) is 5.10 Å². The average molecular weight is 443 g/mol. The van der Waals surface area contributed by atoms with Crippen molar-refractivity contribution in [3.05, 3.63) is 118 Å². The van der Waals surface area contributed by atoms with Crippen LogP contribution >= 0.6 is 11.6 Å². The number of aryl methyl sites for hydroxylation is 1. The zero-order chi connectivity index (χ0) is 22.3. The van der Waals surface area contributed by atoms with Gasteiger partial charge in [-0.05, 0) is 66.4 Å². The first-order valence-corrected chi connectivity index (χ1v) is 10.8. The fraction of sp³-hybridized carbons (Fsp3) is 0.111. The van der Waals surface area contributed by atoms with E-state index in [2.05, 4.69) is 29.6 Å². The number of hydrazone groups is 1. The number of nitrogens with one attached hydrogen (secondary N) is 1. The average Bonchev–Trinajstić information content (AvgIpc) is 3.28. The smallest absolute Gasteiger partial charge is 0.247 e. The molecule has 3 aromatic carbocycles. The second-order valence-corrected chi connectivity index (χ2v) is 7.97. The second-order valence-electron chi connectivity index (χ2n) is 7.54. The lowest BCUT2D eigenvalue weighted by Gasteiger charge is -2.17. The third kappa shape index (κ3) is 5.34. The molecular formula is C27H23ClN2O2. The summed E-state index contributed by atoms with van der Waals surface area (Å²) in [6.45, 7) is 2.06. The highest BCUT2D eigenvalue weighted by molar-refractivity contribution is 6.30. The molecular weight excluding hydrogens is 420 g/mol. The van der Waals surface area contributed by atoms with Gasteiger partial charge in [0.2, 0.25) is 5.91 Å². The SMILES string of the molecule is Cc1ccccc1CC(C(=O)N/N=C/c1ccc(-c2ccc(Cl)cc2)o1)c1ccccc1. The molecule has 5 heteroatoms. The van der Waals surface area contributed by atoms with Gasteiger partial charge in [-0.2, -0.15) is 5.10 Å². The van der Waals surface area contributed by atoms with Crippen molar-refractivity contribution < 1.29 is 9.21 Å². The number of benzene rings is 3. The van der Waals surface area contributed by atoms with E-state index in [0.29, 0.717) is 23.0 Å². The largest absolute Gasteiger partial charge is 0.455 e. The minimum absolute atomic E-state index is 0.166. The van der Waals surface area contributed by atoms with Crippen LogP contribution in [-0.2, 0) is 11.2 Å². The van der Waals surface area contributed by atoms with Crippen LogP contribution in [0.1, 0.15) is 28.4 Å². The van der Waals surface area contributed by atoms with Gasteiger partial charge >= 0.3 is 0 Å². The van der Waals surface area contributed by atoms with Crippen LogP contribution in [0.3, 0.4) is 0 Å². The molecule has 1 unspecified atom stereocenters. The lowest BCUT2D eigenvalue weighted by Crippen LogP contribution is -2.27. The summed E-state index contributed by atoms with van der Waals surface area (Å²) in [7, 11) is 0. The van der Waals surface area contributed by atoms with Crippen LogP contribution in [0.2, 0.25) is 5.02 Å². The molecule has 0 fully saturated rings. The van der Waals surface area contributed by atoms with Crippen LogP contribution in [0.15, 0.2) is 101 Å². The van der Waals surface area contributed by atoms with E-state index in [1.807, 2.05) is 78.9 Å². The van der Waals surface area contributed by atoms with E-state index in [9.17, 15) is 4.79 Å². The number of hydrogen-bond acceptors (Lipinski definition) is 3. The maximum absolute atomic E-state index is 13.0.